The number of unbranched alkanes of at least 4 members (excludes halogenated alkanes) is 3. The largest absolute Gasteiger partial charge is 0.396 e. The van der Waals surface area contributed by atoms with Crippen LogP contribution in [0.1, 0.15) is 25.7 Å². The topological polar surface area (TPSA) is 57.6 Å². The van der Waals surface area contributed by atoms with Crippen molar-refractivity contribution in [1.82, 2.24) is 4.90 Å². The number of rotatable bonds is 6. The SMILES string of the molecule is O=C1CSC(=O)N1CCCCCCO. The van der Waals surface area contributed by atoms with Gasteiger partial charge in [-0.3, -0.25) is 14.5 Å². The molecule has 0 bridgehead atoms. The minimum atomic E-state index is -0.114. The van der Waals surface area contributed by atoms with Gasteiger partial charge in [0.1, 0.15) is 0 Å². The number of hydrogen-bond donors (Lipinski definition) is 1. The Balaban J connectivity index is 2.11. The Morgan fingerprint density at radius 3 is 2.50 bits per heavy atom. The molecular formula is C9H15NO3S. The Labute approximate surface area is 87.7 Å². The molecule has 1 saturated heterocycles. The van der Waals surface area contributed by atoms with E-state index in [-0.39, 0.29) is 17.8 Å². The van der Waals surface area contributed by atoms with Crippen LogP contribution in [0.5, 0.6) is 0 Å². The van der Waals surface area contributed by atoms with Crippen LogP contribution < -0.4 is 0 Å². The standard InChI is InChI=1S/C9H15NO3S/c11-6-4-2-1-3-5-10-8(12)7-14-9(10)13/h11H,1-7H2. The number of amides is 2. The summed E-state index contributed by atoms with van der Waals surface area (Å²) in [6.45, 7) is 0.757. The highest BCUT2D eigenvalue weighted by atomic mass is 32.2. The summed E-state index contributed by atoms with van der Waals surface area (Å²) >= 11 is 1.08. The van der Waals surface area contributed by atoms with Crippen molar-refractivity contribution >= 4 is 22.9 Å². The van der Waals surface area contributed by atoms with E-state index in [1.54, 1.807) is 0 Å². The molecular weight excluding hydrogens is 202 g/mol. The van der Waals surface area contributed by atoms with Gasteiger partial charge in [-0.05, 0) is 12.8 Å². The lowest BCUT2D eigenvalue weighted by Gasteiger charge is -2.11. The third kappa shape index (κ3) is 3.31. The van der Waals surface area contributed by atoms with Gasteiger partial charge < -0.3 is 5.11 Å². The first-order valence-electron chi connectivity index (χ1n) is 4.83. The van der Waals surface area contributed by atoms with Gasteiger partial charge in [0.25, 0.3) is 5.24 Å². The molecule has 0 spiro atoms. The third-order valence-electron chi connectivity index (χ3n) is 2.13. The Bertz CT molecular complexity index is 204. The van der Waals surface area contributed by atoms with Crippen LogP contribution in [0.15, 0.2) is 0 Å². The van der Waals surface area contributed by atoms with Gasteiger partial charge >= 0.3 is 0 Å². The second-order valence-corrected chi connectivity index (χ2v) is 4.16. The molecule has 14 heavy (non-hydrogen) atoms. The average molecular weight is 217 g/mol. The second kappa shape index (κ2) is 6.03. The maximum atomic E-state index is 11.1. The van der Waals surface area contributed by atoms with E-state index >= 15 is 0 Å². The van der Waals surface area contributed by atoms with Crippen molar-refractivity contribution in [2.75, 3.05) is 18.9 Å². The van der Waals surface area contributed by atoms with Crippen molar-refractivity contribution < 1.29 is 14.7 Å². The predicted octanol–water partition coefficient (Wildman–Crippen LogP) is 1.23. The van der Waals surface area contributed by atoms with Crippen LogP contribution in [0.4, 0.5) is 4.79 Å². The Morgan fingerprint density at radius 2 is 1.93 bits per heavy atom. The van der Waals surface area contributed by atoms with Crippen LogP contribution in [0.25, 0.3) is 0 Å². The summed E-state index contributed by atoms with van der Waals surface area (Å²) in [4.78, 5) is 23.6. The zero-order chi connectivity index (χ0) is 10.4. The van der Waals surface area contributed by atoms with E-state index in [0.717, 1.165) is 37.4 Å². The molecule has 4 nitrogen and oxygen atoms in total. The maximum absolute atomic E-state index is 11.1. The molecule has 2 amide bonds. The predicted molar refractivity (Wildman–Crippen MR) is 55.1 cm³/mol. The lowest BCUT2D eigenvalue weighted by molar-refractivity contribution is -0.124. The van der Waals surface area contributed by atoms with Crippen LogP contribution in [-0.4, -0.2) is 40.1 Å². The minimum Gasteiger partial charge on any atom is -0.396 e. The van der Waals surface area contributed by atoms with E-state index in [0.29, 0.717) is 12.3 Å². The molecule has 0 unspecified atom stereocenters. The number of carbonyl (C=O) groups is 2. The fourth-order valence-corrected chi connectivity index (χ4v) is 2.08. The van der Waals surface area contributed by atoms with E-state index in [4.69, 9.17) is 5.11 Å². The molecule has 1 aliphatic rings. The molecule has 80 valence electrons. The van der Waals surface area contributed by atoms with Crippen molar-refractivity contribution in [3.05, 3.63) is 0 Å². The molecule has 0 aromatic carbocycles. The summed E-state index contributed by atoms with van der Waals surface area (Å²) in [6, 6.07) is 0. The van der Waals surface area contributed by atoms with Gasteiger partial charge in [-0.1, -0.05) is 24.6 Å². The van der Waals surface area contributed by atoms with Gasteiger partial charge in [0.15, 0.2) is 0 Å². The average Bonchev–Trinajstić information content (AvgIpc) is 2.48. The lowest BCUT2D eigenvalue weighted by Crippen LogP contribution is -2.29. The molecule has 0 aromatic heterocycles. The molecule has 5 heteroatoms. The highest BCUT2D eigenvalue weighted by molar-refractivity contribution is 8.14. The Hall–Kier alpha value is -0.550. The highest BCUT2D eigenvalue weighted by Crippen LogP contribution is 2.19. The van der Waals surface area contributed by atoms with Gasteiger partial charge in [-0.15, -0.1) is 0 Å². The smallest absolute Gasteiger partial charge is 0.288 e. The molecule has 0 atom stereocenters. The molecule has 1 N–H and O–H groups in total. The van der Waals surface area contributed by atoms with E-state index in [1.165, 1.54) is 4.90 Å². The third-order valence-corrected chi connectivity index (χ3v) is 2.99. The van der Waals surface area contributed by atoms with E-state index < -0.39 is 0 Å². The normalized spacial score (nSPS) is 16.8. The molecule has 1 heterocycles. The molecule has 0 aliphatic carbocycles. The summed E-state index contributed by atoms with van der Waals surface area (Å²) in [5.74, 6) is 0.234. The summed E-state index contributed by atoms with van der Waals surface area (Å²) in [7, 11) is 0. The Kier molecular flexibility index (Phi) is 4.97. The number of aliphatic hydroxyl groups is 1. The minimum absolute atomic E-state index is 0.0674. The van der Waals surface area contributed by atoms with Crippen LogP contribution in [0.2, 0.25) is 0 Å². The van der Waals surface area contributed by atoms with Crippen LogP contribution in [0.3, 0.4) is 0 Å². The summed E-state index contributed by atoms with van der Waals surface area (Å²) in [6.07, 6.45) is 3.57. The van der Waals surface area contributed by atoms with Gasteiger partial charge in [-0.25, -0.2) is 0 Å². The van der Waals surface area contributed by atoms with E-state index in [2.05, 4.69) is 0 Å². The number of hydrogen-bond acceptors (Lipinski definition) is 4. The van der Waals surface area contributed by atoms with Crippen LogP contribution >= 0.6 is 11.8 Å². The molecule has 1 rings (SSSR count). The first-order valence-corrected chi connectivity index (χ1v) is 5.82. The van der Waals surface area contributed by atoms with Crippen LogP contribution in [-0.2, 0) is 4.79 Å². The van der Waals surface area contributed by atoms with Gasteiger partial charge in [0.05, 0.1) is 5.75 Å². The summed E-state index contributed by atoms with van der Waals surface area (Å²) in [5, 5.41) is 8.43. The van der Waals surface area contributed by atoms with Gasteiger partial charge in [0.2, 0.25) is 5.91 Å². The Morgan fingerprint density at radius 1 is 1.21 bits per heavy atom. The van der Waals surface area contributed by atoms with Crippen molar-refractivity contribution in [3.8, 4) is 0 Å². The van der Waals surface area contributed by atoms with Crippen molar-refractivity contribution in [1.29, 1.82) is 0 Å². The van der Waals surface area contributed by atoms with Crippen molar-refractivity contribution in [2.45, 2.75) is 25.7 Å². The van der Waals surface area contributed by atoms with E-state index in [9.17, 15) is 9.59 Å². The molecule has 0 aromatic rings. The number of aliphatic hydroxyl groups excluding tert-OH is 1. The van der Waals surface area contributed by atoms with Gasteiger partial charge in [-0.2, -0.15) is 0 Å². The summed E-state index contributed by atoms with van der Waals surface area (Å²) in [5.41, 5.74) is 0. The number of imide groups is 1. The zero-order valence-electron chi connectivity index (χ0n) is 8.07. The van der Waals surface area contributed by atoms with Gasteiger partial charge in [0, 0.05) is 13.2 Å². The number of carbonyl (C=O) groups excluding carboxylic acids is 2. The first-order chi connectivity index (χ1) is 6.75. The molecule has 0 saturated carbocycles. The van der Waals surface area contributed by atoms with E-state index in [1.807, 2.05) is 0 Å². The lowest BCUT2D eigenvalue weighted by atomic mass is 10.2. The first kappa shape index (κ1) is 11.5. The van der Waals surface area contributed by atoms with Crippen LogP contribution in [0, 0.1) is 0 Å². The fraction of sp³-hybridized carbons (Fsp3) is 0.778. The number of thioether (sulfide) groups is 1. The zero-order valence-corrected chi connectivity index (χ0v) is 8.89. The monoisotopic (exact) mass is 217 g/mol. The molecule has 1 fully saturated rings. The highest BCUT2D eigenvalue weighted by Gasteiger charge is 2.28. The van der Waals surface area contributed by atoms with Crippen molar-refractivity contribution in [3.63, 3.8) is 0 Å². The second-order valence-electron chi connectivity index (χ2n) is 3.24. The quantitative estimate of drug-likeness (QED) is 0.680. The molecule has 1 aliphatic heterocycles. The summed E-state index contributed by atoms with van der Waals surface area (Å²) < 4.78 is 0. The number of nitrogens with zero attached hydrogens (tertiary/aromatic N) is 1. The fourth-order valence-electron chi connectivity index (χ4n) is 1.33. The molecule has 0 radical (unpaired) electrons. The maximum Gasteiger partial charge on any atom is 0.288 e. The van der Waals surface area contributed by atoms with Crippen molar-refractivity contribution in [2.24, 2.45) is 0 Å².